The first-order valence-corrected chi connectivity index (χ1v) is 9.31. The molecule has 3 aromatic rings. The van der Waals surface area contributed by atoms with Crippen LogP contribution in [-0.2, 0) is 6.42 Å². The molecule has 2 aromatic carbocycles. The molecule has 1 aromatic heterocycles. The second-order valence-electron chi connectivity index (χ2n) is 6.90. The molecule has 0 fully saturated rings. The fourth-order valence-electron chi connectivity index (χ4n) is 3.70. The van der Waals surface area contributed by atoms with Gasteiger partial charge in [0.2, 0.25) is 0 Å². The van der Waals surface area contributed by atoms with E-state index < -0.39 is 0 Å². The lowest BCUT2D eigenvalue weighted by atomic mass is 10.1. The first-order chi connectivity index (χ1) is 13.6. The molecule has 6 nitrogen and oxygen atoms in total. The topological polar surface area (TPSA) is 59.5 Å². The number of ether oxygens (including phenoxy) is 2. The van der Waals surface area contributed by atoms with Crippen LogP contribution < -0.4 is 19.7 Å². The van der Waals surface area contributed by atoms with Crippen LogP contribution in [0.2, 0.25) is 0 Å². The summed E-state index contributed by atoms with van der Waals surface area (Å²) < 4.78 is 10.8. The highest BCUT2D eigenvalue weighted by molar-refractivity contribution is 5.72. The monoisotopic (exact) mass is 376 g/mol. The van der Waals surface area contributed by atoms with E-state index >= 15 is 0 Å². The molecular weight excluding hydrogens is 352 g/mol. The number of anilines is 4. The molecule has 0 amide bonds. The van der Waals surface area contributed by atoms with Crippen LogP contribution in [0.1, 0.15) is 18.3 Å². The summed E-state index contributed by atoms with van der Waals surface area (Å²) >= 11 is 0. The van der Waals surface area contributed by atoms with Gasteiger partial charge in [0.05, 0.1) is 19.9 Å². The van der Waals surface area contributed by atoms with Crippen LogP contribution in [0.15, 0.2) is 48.5 Å². The number of para-hydroxylation sites is 1. The standard InChI is InChI=1S/C22H24N4O2/c1-14-11-16-7-5-6-8-19(16)26(14)22-13-21(23-15(2)24-22)25-18-12-17(27-3)9-10-20(18)28-4/h5-10,12-14H,11H2,1-4H3,(H,23,24,25). The average Bonchev–Trinajstić information content (AvgIpc) is 3.03. The molecule has 28 heavy (non-hydrogen) atoms. The highest BCUT2D eigenvalue weighted by Crippen LogP contribution is 2.38. The lowest BCUT2D eigenvalue weighted by Gasteiger charge is -2.24. The van der Waals surface area contributed by atoms with Gasteiger partial charge < -0.3 is 19.7 Å². The van der Waals surface area contributed by atoms with E-state index in [0.717, 1.165) is 29.4 Å². The Bertz CT molecular complexity index is 1010. The van der Waals surface area contributed by atoms with E-state index in [4.69, 9.17) is 14.5 Å². The third-order valence-corrected chi connectivity index (χ3v) is 4.95. The highest BCUT2D eigenvalue weighted by Gasteiger charge is 2.28. The molecule has 1 N–H and O–H groups in total. The molecule has 144 valence electrons. The first-order valence-electron chi connectivity index (χ1n) is 9.31. The number of nitrogens with one attached hydrogen (secondary N) is 1. The number of rotatable bonds is 5. The number of hydrogen-bond donors (Lipinski definition) is 1. The normalized spacial score (nSPS) is 15.3. The fraction of sp³-hybridized carbons (Fsp3) is 0.273. The molecule has 0 spiro atoms. The zero-order chi connectivity index (χ0) is 19.7. The molecule has 0 saturated heterocycles. The maximum atomic E-state index is 5.47. The summed E-state index contributed by atoms with van der Waals surface area (Å²) in [6, 6.07) is 16.4. The van der Waals surface area contributed by atoms with Crippen LogP contribution >= 0.6 is 0 Å². The Morgan fingerprint density at radius 2 is 1.86 bits per heavy atom. The van der Waals surface area contributed by atoms with Gasteiger partial charge in [-0.15, -0.1) is 0 Å². The van der Waals surface area contributed by atoms with Gasteiger partial charge in [-0.3, -0.25) is 0 Å². The number of fused-ring (bicyclic) bond motifs is 1. The van der Waals surface area contributed by atoms with E-state index in [-0.39, 0.29) is 0 Å². The van der Waals surface area contributed by atoms with Crippen molar-refractivity contribution in [1.29, 1.82) is 0 Å². The lowest BCUT2D eigenvalue weighted by molar-refractivity contribution is 0.405. The number of aromatic nitrogens is 2. The van der Waals surface area contributed by atoms with Gasteiger partial charge in [0.15, 0.2) is 0 Å². The second-order valence-corrected chi connectivity index (χ2v) is 6.90. The Labute approximate surface area is 165 Å². The molecule has 1 aliphatic heterocycles. The molecule has 1 unspecified atom stereocenters. The largest absolute Gasteiger partial charge is 0.497 e. The predicted molar refractivity (Wildman–Crippen MR) is 111 cm³/mol. The smallest absolute Gasteiger partial charge is 0.142 e. The Hall–Kier alpha value is -3.28. The summed E-state index contributed by atoms with van der Waals surface area (Å²) in [4.78, 5) is 11.5. The number of nitrogens with zero attached hydrogens (tertiary/aromatic N) is 3. The number of benzene rings is 2. The molecule has 0 aliphatic carbocycles. The minimum atomic E-state index is 0.339. The SMILES string of the molecule is COc1ccc(OC)c(Nc2cc(N3c4ccccc4CC3C)nc(C)n2)c1. The minimum Gasteiger partial charge on any atom is -0.497 e. The maximum absolute atomic E-state index is 5.47. The number of hydrogen-bond acceptors (Lipinski definition) is 6. The predicted octanol–water partition coefficient (Wildman–Crippen LogP) is 4.63. The molecule has 4 rings (SSSR count). The minimum absolute atomic E-state index is 0.339. The van der Waals surface area contributed by atoms with E-state index in [0.29, 0.717) is 17.7 Å². The van der Waals surface area contributed by atoms with Crippen molar-refractivity contribution in [1.82, 2.24) is 9.97 Å². The second kappa shape index (κ2) is 7.38. The van der Waals surface area contributed by atoms with Crippen LogP contribution in [0, 0.1) is 6.92 Å². The molecule has 1 atom stereocenters. The summed E-state index contributed by atoms with van der Waals surface area (Å²) in [7, 11) is 3.29. The van der Waals surface area contributed by atoms with Crippen molar-refractivity contribution in [3.05, 3.63) is 59.9 Å². The van der Waals surface area contributed by atoms with Gasteiger partial charge in [0.25, 0.3) is 0 Å². The van der Waals surface area contributed by atoms with E-state index in [1.807, 2.05) is 31.2 Å². The van der Waals surface area contributed by atoms with Crippen LogP contribution in [0.5, 0.6) is 11.5 Å². The van der Waals surface area contributed by atoms with Gasteiger partial charge in [-0.2, -0.15) is 0 Å². The van der Waals surface area contributed by atoms with Crippen molar-refractivity contribution in [2.45, 2.75) is 26.3 Å². The highest BCUT2D eigenvalue weighted by atomic mass is 16.5. The molecular formula is C22H24N4O2. The summed E-state index contributed by atoms with van der Waals surface area (Å²) in [6.45, 7) is 4.12. The van der Waals surface area contributed by atoms with Gasteiger partial charge in [-0.25, -0.2) is 9.97 Å². The van der Waals surface area contributed by atoms with Gasteiger partial charge >= 0.3 is 0 Å². The zero-order valence-corrected chi connectivity index (χ0v) is 16.6. The molecule has 1 aliphatic rings. The molecule has 0 saturated carbocycles. The summed E-state index contributed by atoms with van der Waals surface area (Å²) in [5.74, 6) is 3.77. The lowest BCUT2D eigenvalue weighted by Crippen LogP contribution is -2.25. The van der Waals surface area contributed by atoms with Crippen molar-refractivity contribution in [2.75, 3.05) is 24.4 Å². The van der Waals surface area contributed by atoms with Gasteiger partial charge in [0, 0.05) is 23.9 Å². The summed E-state index contributed by atoms with van der Waals surface area (Å²) in [6.07, 6.45) is 1.01. The molecule has 0 radical (unpaired) electrons. The van der Waals surface area contributed by atoms with Crippen LogP contribution in [0.25, 0.3) is 0 Å². The van der Waals surface area contributed by atoms with Crippen molar-refractivity contribution < 1.29 is 9.47 Å². The van der Waals surface area contributed by atoms with Gasteiger partial charge in [-0.05, 0) is 44.0 Å². The Morgan fingerprint density at radius 3 is 2.64 bits per heavy atom. The Morgan fingerprint density at radius 1 is 1.04 bits per heavy atom. The van der Waals surface area contributed by atoms with Crippen LogP contribution in [0.3, 0.4) is 0 Å². The Kier molecular flexibility index (Phi) is 4.77. The van der Waals surface area contributed by atoms with Crippen molar-refractivity contribution in [3.63, 3.8) is 0 Å². The van der Waals surface area contributed by atoms with Crippen LogP contribution in [0.4, 0.5) is 23.0 Å². The van der Waals surface area contributed by atoms with E-state index in [9.17, 15) is 0 Å². The number of aryl methyl sites for hydroxylation is 1. The molecule has 2 heterocycles. The molecule has 6 heteroatoms. The summed E-state index contributed by atoms with van der Waals surface area (Å²) in [5, 5.41) is 3.36. The van der Waals surface area contributed by atoms with Crippen molar-refractivity contribution >= 4 is 23.0 Å². The zero-order valence-electron chi connectivity index (χ0n) is 16.6. The Balaban J connectivity index is 1.71. The van der Waals surface area contributed by atoms with Crippen molar-refractivity contribution in [3.8, 4) is 11.5 Å². The summed E-state index contributed by atoms with van der Waals surface area (Å²) in [5.41, 5.74) is 3.34. The quantitative estimate of drug-likeness (QED) is 0.701. The third-order valence-electron chi connectivity index (χ3n) is 4.95. The third kappa shape index (κ3) is 3.33. The van der Waals surface area contributed by atoms with Crippen molar-refractivity contribution in [2.24, 2.45) is 0 Å². The van der Waals surface area contributed by atoms with Gasteiger partial charge in [-0.1, -0.05) is 18.2 Å². The van der Waals surface area contributed by atoms with Crippen LogP contribution in [-0.4, -0.2) is 30.2 Å². The van der Waals surface area contributed by atoms with E-state index in [1.54, 1.807) is 14.2 Å². The molecule has 0 bridgehead atoms. The number of methoxy groups -OCH3 is 2. The van der Waals surface area contributed by atoms with Gasteiger partial charge in [0.1, 0.15) is 29.0 Å². The maximum Gasteiger partial charge on any atom is 0.142 e. The first kappa shape index (κ1) is 18.1. The van der Waals surface area contributed by atoms with E-state index in [2.05, 4.69) is 46.4 Å². The van der Waals surface area contributed by atoms with E-state index in [1.165, 1.54) is 11.3 Å². The fourth-order valence-corrected chi connectivity index (χ4v) is 3.70. The average molecular weight is 376 g/mol.